The Morgan fingerprint density at radius 1 is 0.632 bits per heavy atom. The number of aromatic nitrogens is 2. The van der Waals surface area contributed by atoms with E-state index in [2.05, 4.69) is 114 Å². The summed E-state index contributed by atoms with van der Waals surface area (Å²) in [6.07, 6.45) is 8.86. The number of piperidine rings is 2. The van der Waals surface area contributed by atoms with Crippen molar-refractivity contribution in [2.45, 2.75) is 112 Å². The Bertz CT molecular complexity index is 3190. The minimum Gasteiger partial charge on any atom is -0.371 e. The van der Waals surface area contributed by atoms with Crippen molar-refractivity contribution in [1.82, 2.24) is 39.8 Å². The fourth-order valence-corrected chi connectivity index (χ4v) is 14.2. The molecule has 2 fully saturated rings. The van der Waals surface area contributed by atoms with Gasteiger partial charge in [-0.15, -0.1) is 0 Å². The summed E-state index contributed by atoms with van der Waals surface area (Å²) in [5.74, 6) is -0.944. The van der Waals surface area contributed by atoms with Crippen LogP contribution in [0.4, 0.5) is 20.2 Å². The number of halogens is 2. The highest BCUT2D eigenvalue weighted by Gasteiger charge is 2.31. The molecule has 0 unspecified atom stereocenters. The van der Waals surface area contributed by atoms with Crippen molar-refractivity contribution in [2.75, 3.05) is 63.2 Å². The number of hydrogen-bond acceptors (Lipinski definition) is 12. The Balaban J connectivity index is 0.801. The van der Waals surface area contributed by atoms with Crippen LogP contribution in [0.2, 0.25) is 0 Å². The Kier molecular flexibility index (Phi) is 16.6. The number of rotatable bonds is 18. The first-order valence-electron chi connectivity index (χ1n) is 26.6. The zero-order valence-electron chi connectivity index (χ0n) is 43.7. The topological polar surface area (TPSA) is 155 Å². The third-order valence-electron chi connectivity index (χ3n) is 15.5. The number of pyridine rings is 2. The third-order valence-corrected chi connectivity index (χ3v) is 18.6. The van der Waals surface area contributed by atoms with Crippen molar-refractivity contribution in [3.05, 3.63) is 177 Å². The van der Waals surface area contributed by atoms with Crippen molar-refractivity contribution in [2.24, 2.45) is 0 Å². The summed E-state index contributed by atoms with van der Waals surface area (Å²) in [5.41, 5.74) is 13.3. The summed E-state index contributed by atoms with van der Waals surface area (Å²) < 4.78 is 85.7. The number of sulfonamides is 2. The van der Waals surface area contributed by atoms with E-state index in [1.165, 1.54) is 93.3 Å². The first kappa shape index (κ1) is 53.7. The van der Waals surface area contributed by atoms with E-state index in [-0.39, 0.29) is 34.0 Å². The van der Waals surface area contributed by atoms with Gasteiger partial charge in [0.05, 0.1) is 21.2 Å². The molecule has 0 saturated carbocycles. The number of benzene rings is 4. The quantitative estimate of drug-likeness (QED) is 0.0713. The molecule has 4 aliphatic heterocycles. The average molecular weight is 1070 g/mol. The summed E-state index contributed by atoms with van der Waals surface area (Å²) in [6.45, 7) is 9.51. The zero-order valence-corrected chi connectivity index (χ0v) is 45.3. The van der Waals surface area contributed by atoms with Gasteiger partial charge in [-0.3, -0.25) is 19.8 Å². The highest BCUT2D eigenvalue weighted by molar-refractivity contribution is 7.89. The third kappa shape index (κ3) is 13.2. The van der Waals surface area contributed by atoms with Gasteiger partial charge in [0.2, 0.25) is 20.0 Å². The molecule has 14 nitrogen and oxygen atoms in total. The van der Waals surface area contributed by atoms with E-state index in [0.29, 0.717) is 51.7 Å². The predicted octanol–water partition coefficient (Wildman–Crippen LogP) is 6.84. The molecule has 0 spiro atoms. The number of likely N-dealkylation sites (N-methyl/N-ethyl adjacent to an activating group) is 2. The maximum atomic E-state index is 13.7. The second-order valence-corrected chi connectivity index (χ2v) is 24.8. The van der Waals surface area contributed by atoms with Crippen molar-refractivity contribution in [3.63, 3.8) is 0 Å². The summed E-state index contributed by atoms with van der Waals surface area (Å²) in [7, 11) is -3.24. The number of anilines is 2. The lowest BCUT2D eigenvalue weighted by atomic mass is 9.89. The van der Waals surface area contributed by atoms with Gasteiger partial charge in [0.15, 0.2) is 0 Å². The van der Waals surface area contributed by atoms with Gasteiger partial charge in [0.1, 0.15) is 11.6 Å². The molecule has 2 atom stereocenters. The molecule has 6 aromatic rings. The van der Waals surface area contributed by atoms with E-state index in [0.717, 1.165) is 75.6 Å². The van der Waals surface area contributed by atoms with Crippen LogP contribution in [-0.4, -0.2) is 114 Å². The highest BCUT2D eigenvalue weighted by Crippen LogP contribution is 2.35. The molecule has 0 bridgehead atoms. The van der Waals surface area contributed by atoms with Crippen LogP contribution in [0.15, 0.2) is 125 Å². The molecule has 4 aromatic carbocycles. The fraction of sp³-hybridized carbons (Fsp3) is 0.414. The first-order chi connectivity index (χ1) is 36.6. The Labute approximate surface area is 447 Å². The maximum Gasteiger partial charge on any atom is 0.240 e. The molecule has 0 aliphatic carbocycles. The molecule has 4 N–H and O–H groups in total. The molecule has 76 heavy (non-hydrogen) atoms. The highest BCUT2D eigenvalue weighted by atomic mass is 32.2. The molecule has 10 rings (SSSR count). The van der Waals surface area contributed by atoms with E-state index in [1.807, 2.05) is 18.5 Å². The van der Waals surface area contributed by atoms with Gasteiger partial charge in [-0.05, 0) is 178 Å². The number of aryl methyl sites for hydroxylation is 1. The molecule has 2 aromatic heterocycles. The van der Waals surface area contributed by atoms with Crippen LogP contribution < -0.4 is 29.9 Å². The Morgan fingerprint density at radius 3 is 1.76 bits per heavy atom. The van der Waals surface area contributed by atoms with Crippen LogP contribution in [0.3, 0.4) is 0 Å². The largest absolute Gasteiger partial charge is 0.371 e. The molecule has 402 valence electrons. The lowest BCUT2D eigenvalue weighted by molar-refractivity contribution is 0.270. The summed E-state index contributed by atoms with van der Waals surface area (Å²) in [6, 6.07) is 29.6. The number of fused-ring (bicyclic) bond motifs is 2. The predicted molar refractivity (Wildman–Crippen MR) is 294 cm³/mol. The van der Waals surface area contributed by atoms with E-state index in [4.69, 9.17) is 4.98 Å². The molecular formula is C58H70F2N10O4S2. The van der Waals surface area contributed by atoms with Crippen LogP contribution >= 0.6 is 0 Å². The van der Waals surface area contributed by atoms with Crippen LogP contribution in [0.25, 0.3) is 0 Å². The Morgan fingerprint density at radius 2 is 1.18 bits per heavy atom. The molecular weight excluding hydrogens is 1000 g/mol. The molecule has 18 heteroatoms. The summed E-state index contributed by atoms with van der Waals surface area (Å²) in [4.78, 5) is 19.3. The van der Waals surface area contributed by atoms with Gasteiger partial charge >= 0.3 is 0 Å². The Hall–Kier alpha value is -5.70. The van der Waals surface area contributed by atoms with Gasteiger partial charge < -0.3 is 20.4 Å². The van der Waals surface area contributed by atoms with E-state index in [1.54, 1.807) is 0 Å². The van der Waals surface area contributed by atoms with Gasteiger partial charge in [-0.2, -0.15) is 0 Å². The molecule has 0 radical (unpaired) electrons. The van der Waals surface area contributed by atoms with Crippen LogP contribution in [0.1, 0.15) is 76.0 Å². The maximum absolute atomic E-state index is 13.7. The first-order valence-corrected chi connectivity index (χ1v) is 29.6. The van der Waals surface area contributed by atoms with E-state index in [9.17, 15) is 25.6 Å². The monoisotopic (exact) mass is 1070 g/mol. The lowest BCUT2D eigenvalue weighted by Gasteiger charge is -2.38. The van der Waals surface area contributed by atoms with Crippen LogP contribution in [-0.2, 0) is 65.5 Å². The second kappa shape index (κ2) is 23.5. The summed E-state index contributed by atoms with van der Waals surface area (Å²) in [5, 5.41) is 7.65. The molecule has 2 saturated heterocycles. The van der Waals surface area contributed by atoms with Gasteiger partial charge in [0, 0.05) is 113 Å². The molecule has 4 aliphatic rings. The van der Waals surface area contributed by atoms with Crippen LogP contribution in [0.5, 0.6) is 0 Å². The SMILES string of the molecule is Cc1ccc(CN(C)C[C@H]2Cc3c(cc(Cc4cccnc4CN(C)C[C@H]4Cc5c(cccc5N5CCC(NS(=O)(=O)c6ccc(F)cc6)CC5)CN4)cc3N3CCC(NS(=O)(=O)c4ccc(F)cc4)CC3)CN2)nc1. The summed E-state index contributed by atoms with van der Waals surface area (Å²) >= 11 is 0. The standard InChI is InChI=1S/C58H70F2N10O4S2/c1-40-9-14-49(62-33-40)36-67(2)37-51-32-55-44(35-64-51)29-41(30-58(55)70-26-21-48(22-27-70)66-76(73,74)53-17-12-46(60)13-18-53)28-42-7-5-23-61-56(42)39-68(3)38-50-31-54-43(34-63-50)6-4-8-57(54)69-24-19-47(20-25-69)65-75(71,72)52-15-10-45(59)11-16-52/h4-18,23,29-30,33,47-48,50-51,63-66H,19-22,24-28,31-32,34-39H2,1-3H3/t50-,51-/m1/s1. The van der Waals surface area contributed by atoms with E-state index < -0.39 is 31.7 Å². The smallest absolute Gasteiger partial charge is 0.240 e. The van der Waals surface area contributed by atoms with Crippen molar-refractivity contribution in [3.8, 4) is 0 Å². The number of hydrogen-bond donors (Lipinski definition) is 4. The second-order valence-electron chi connectivity index (χ2n) is 21.4. The normalized spacial score (nSPS) is 18.8. The van der Waals surface area contributed by atoms with Gasteiger partial charge in [0.25, 0.3) is 0 Å². The van der Waals surface area contributed by atoms with Crippen molar-refractivity contribution >= 4 is 31.4 Å². The number of nitrogens with zero attached hydrogens (tertiary/aromatic N) is 6. The van der Waals surface area contributed by atoms with Gasteiger partial charge in [-0.1, -0.05) is 30.3 Å². The molecule has 0 amide bonds. The molecule has 6 heterocycles. The minimum absolute atomic E-state index is 0.0642. The minimum atomic E-state index is -3.80. The van der Waals surface area contributed by atoms with Crippen LogP contribution in [0, 0.1) is 18.6 Å². The van der Waals surface area contributed by atoms with E-state index >= 15 is 0 Å². The fourth-order valence-electron chi connectivity index (χ4n) is 11.6. The average Bonchev–Trinajstić information content (AvgIpc) is 3.42. The number of nitrogens with one attached hydrogen (secondary N) is 4. The lowest BCUT2D eigenvalue weighted by Crippen LogP contribution is -2.46. The van der Waals surface area contributed by atoms with Crippen molar-refractivity contribution < 1.29 is 25.6 Å². The van der Waals surface area contributed by atoms with Gasteiger partial charge in [-0.25, -0.2) is 35.1 Å². The zero-order chi connectivity index (χ0) is 53.0. The van der Waals surface area contributed by atoms with Crippen molar-refractivity contribution in [1.29, 1.82) is 0 Å².